The van der Waals surface area contributed by atoms with Crippen LogP contribution in [0.4, 0.5) is 0 Å². The van der Waals surface area contributed by atoms with Gasteiger partial charge in [-0.25, -0.2) is 0 Å². The maximum atomic E-state index is 5.29. The van der Waals surface area contributed by atoms with E-state index in [4.69, 9.17) is 9.47 Å². The number of rotatable bonds is 2. The molecule has 1 rings (SSSR count). The van der Waals surface area contributed by atoms with E-state index in [1.807, 2.05) is 0 Å². The summed E-state index contributed by atoms with van der Waals surface area (Å²) in [6.07, 6.45) is 4.06. The zero-order valence-corrected chi connectivity index (χ0v) is 7.38. The van der Waals surface area contributed by atoms with Gasteiger partial charge in [0, 0.05) is 20.1 Å². The van der Waals surface area contributed by atoms with Crippen LogP contribution in [0.5, 0.6) is 0 Å². The van der Waals surface area contributed by atoms with Gasteiger partial charge in [-0.3, -0.25) is 0 Å². The Balaban J connectivity index is 2.45. The molecule has 2 nitrogen and oxygen atoms in total. The second kappa shape index (κ2) is 4.07. The molecule has 0 aliphatic heterocycles. The Morgan fingerprint density at radius 1 is 1.09 bits per heavy atom. The third-order valence-corrected chi connectivity index (χ3v) is 2.54. The van der Waals surface area contributed by atoms with Crippen molar-refractivity contribution in [3.63, 3.8) is 0 Å². The number of hydrogen-bond donors (Lipinski definition) is 0. The molecular formula is C9H17O2. The van der Waals surface area contributed by atoms with Crippen molar-refractivity contribution in [3.8, 4) is 0 Å². The zero-order valence-electron chi connectivity index (χ0n) is 7.38. The zero-order chi connectivity index (χ0) is 8.27. The van der Waals surface area contributed by atoms with Crippen molar-refractivity contribution >= 4 is 0 Å². The largest absolute Gasteiger partial charge is 0.381 e. The first-order chi connectivity index (χ1) is 5.29. The predicted molar refractivity (Wildman–Crippen MR) is 44.3 cm³/mol. The Morgan fingerprint density at radius 2 is 1.55 bits per heavy atom. The molecule has 1 aliphatic carbocycles. The fourth-order valence-electron chi connectivity index (χ4n) is 1.77. The molecule has 2 heteroatoms. The first-order valence-corrected chi connectivity index (χ1v) is 4.18. The van der Waals surface area contributed by atoms with Crippen molar-refractivity contribution in [2.75, 3.05) is 14.2 Å². The van der Waals surface area contributed by atoms with Crippen LogP contribution in [-0.4, -0.2) is 26.4 Å². The van der Waals surface area contributed by atoms with Crippen molar-refractivity contribution in [1.82, 2.24) is 0 Å². The van der Waals surface area contributed by atoms with Gasteiger partial charge in [-0.1, -0.05) is 0 Å². The normalized spacial score (nSPS) is 39.0. The highest BCUT2D eigenvalue weighted by molar-refractivity contribution is 4.84. The lowest BCUT2D eigenvalue weighted by molar-refractivity contribution is -0.0453. The van der Waals surface area contributed by atoms with Crippen molar-refractivity contribution < 1.29 is 9.47 Å². The molecule has 0 N–H and O–H groups in total. The number of ether oxygens (including phenoxy) is 2. The van der Waals surface area contributed by atoms with E-state index in [0.29, 0.717) is 18.1 Å². The summed E-state index contributed by atoms with van der Waals surface area (Å²) in [7, 11) is 3.50. The Kier molecular flexibility index (Phi) is 3.34. The molecule has 11 heavy (non-hydrogen) atoms. The average Bonchev–Trinajstić information content (AvgIpc) is 2.05. The van der Waals surface area contributed by atoms with Crippen LogP contribution in [0.2, 0.25) is 0 Å². The maximum Gasteiger partial charge on any atom is 0.0624 e. The van der Waals surface area contributed by atoms with Crippen LogP contribution in [-0.2, 0) is 9.47 Å². The molecule has 1 saturated carbocycles. The molecule has 0 heterocycles. The summed E-state index contributed by atoms with van der Waals surface area (Å²) in [5.41, 5.74) is 0. The number of methoxy groups -OCH3 is 2. The minimum atomic E-state index is 0.300. The van der Waals surface area contributed by atoms with Crippen LogP contribution in [0, 0.1) is 12.8 Å². The van der Waals surface area contributed by atoms with Crippen molar-refractivity contribution in [3.05, 3.63) is 6.92 Å². The molecule has 1 radical (unpaired) electrons. The van der Waals surface area contributed by atoms with Crippen molar-refractivity contribution in [2.24, 2.45) is 5.92 Å². The van der Waals surface area contributed by atoms with Crippen LogP contribution in [0.15, 0.2) is 0 Å². The quantitative estimate of drug-likeness (QED) is 0.606. The fourth-order valence-corrected chi connectivity index (χ4v) is 1.77. The van der Waals surface area contributed by atoms with Gasteiger partial charge >= 0.3 is 0 Å². The molecule has 65 valence electrons. The second-order valence-electron chi connectivity index (χ2n) is 3.14. The van der Waals surface area contributed by atoms with Crippen LogP contribution in [0.25, 0.3) is 0 Å². The maximum absolute atomic E-state index is 5.29. The van der Waals surface area contributed by atoms with Gasteiger partial charge in [0.25, 0.3) is 0 Å². The molecule has 2 unspecified atom stereocenters. The first kappa shape index (κ1) is 9.01. The Hall–Kier alpha value is -0.0800. The standard InChI is InChI=1S/C9H17O2/c1-7-8(10-2)5-4-6-9(7)11-3/h7-9H,1,4-6H2,2-3H3. The van der Waals surface area contributed by atoms with Gasteiger partial charge in [-0.15, -0.1) is 0 Å². The highest BCUT2D eigenvalue weighted by Gasteiger charge is 2.29. The van der Waals surface area contributed by atoms with Crippen LogP contribution in [0.1, 0.15) is 19.3 Å². The molecule has 2 atom stereocenters. The summed E-state index contributed by atoms with van der Waals surface area (Å²) in [6, 6.07) is 0. The molecule has 0 aromatic heterocycles. The molecule has 0 aromatic rings. The third kappa shape index (κ3) is 1.94. The molecule has 0 aromatic carbocycles. The molecule has 0 saturated heterocycles. The van der Waals surface area contributed by atoms with Crippen LogP contribution in [0.3, 0.4) is 0 Å². The Morgan fingerprint density at radius 3 is 1.91 bits per heavy atom. The van der Waals surface area contributed by atoms with Gasteiger partial charge in [0.2, 0.25) is 0 Å². The summed E-state index contributed by atoms with van der Waals surface area (Å²) in [4.78, 5) is 0. The van der Waals surface area contributed by atoms with Gasteiger partial charge in [-0.2, -0.15) is 0 Å². The first-order valence-electron chi connectivity index (χ1n) is 4.18. The van der Waals surface area contributed by atoms with Gasteiger partial charge < -0.3 is 9.47 Å². The van der Waals surface area contributed by atoms with Gasteiger partial charge in [0.05, 0.1) is 12.2 Å². The van der Waals surface area contributed by atoms with E-state index in [2.05, 4.69) is 6.92 Å². The predicted octanol–water partition coefficient (Wildman–Crippen LogP) is 1.65. The van der Waals surface area contributed by atoms with Gasteiger partial charge in [-0.05, 0) is 26.2 Å². The lowest BCUT2D eigenvalue weighted by atomic mass is 9.85. The molecule has 0 bridgehead atoms. The molecular weight excluding hydrogens is 140 g/mol. The van der Waals surface area contributed by atoms with E-state index < -0.39 is 0 Å². The third-order valence-electron chi connectivity index (χ3n) is 2.54. The minimum Gasteiger partial charge on any atom is -0.381 e. The van der Waals surface area contributed by atoms with E-state index in [1.165, 1.54) is 6.42 Å². The second-order valence-corrected chi connectivity index (χ2v) is 3.14. The highest BCUT2D eigenvalue weighted by Crippen LogP contribution is 2.27. The van der Waals surface area contributed by atoms with E-state index in [-0.39, 0.29) is 0 Å². The summed E-state index contributed by atoms with van der Waals surface area (Å²) in [5, 5.41) is 0. The van der Waals surface area contributed by atoms with Crippen LogP contribution >= 0.6 is 0 Å². The smallest absolute Gasteiger partial charge is 0.0624 e. The summed E-state index contributed by atoms with van der Waals surface area (Å²) in [6.45, 7) is 4.05. The SMILES string of the molecule is [CH2]C1C(OC)CCCC1OC. The molecule has 1 aliphatic rings. The molecule has 0 amide bonds. The van der Waals surface area contributed by atoms with Crippen molar-refractivity contribution in [1.29, 1.82) is 0 Å². The monoisotopic (exact) mass is 157 g/mol. The van der Waals surface area contributed by atoms with Crippen molar-refractivity contribution in [2.45, 2.75) is 31.5 Å². The minimum absolute atomic E-state index is 0.300. The highest BCUT2D eigenvalue weighted by atomic mass is 16.5. The molecule has 1 fully saturated rings. The van der Waals surface area contributed by atoms with E-state index in [1.54, 1.807) is 14.2 Å². The average molecular weight is 157 g/mol. The number of hydrogen-bond acceptors (Lipinski definition) is 2. The van der Waals surface area contributed by atoms with E-state index in [9.17, 15) is 0 Å². The van der Waals surface area contributed by atoms with Gasteiger partial charge in [0.1, 0.15) is 0 Å². The Labute approximate surface area is 68.9 Å². The molecule has 0 spiro atoms. The summed E-state index contributed by atoms with van der Waals surface area (Å²) >= 11 is 0. The van der Waals surface area contributed by atoms with Crippen LogP contribution < -0.4 is 0 Å². The lowest BCUT2D eigenvalue weighted by Crippen LogP contribution is -2.36. The Bertz CT molecular complexity index is 102. The fraction of sp³-hybridized carbons (Fsp3) is 0.889. The summed E-state index contributed by atoms with van der Waals surface area (Å²) in [5.74, 6) is 0.304. The summed E-state index contributed by atoms with van der Waals surface area (Å²) < 4.78 is 10.6. The van der Waals surface area contributed by atoms with Gasteiger partial charge in [0.15, 0.2) is 0 Å². The van der Waals surface area contributed by atoms with E-state index >= 15 is 0 Å². The topological polar surface area (TPSA) is 18.5 Å². The van der Waals surface area contributed by atoms with E-state index in [0.717, 1.165) is 12.8 Å². The lowest BCUT2D eigenvalue weighted by Gasteiger charge is -2.33.